The lowest BCUT2D eigenvalue weighted by Gasteiger charge is -2.27. The summed E-state index contributed by atoms with van der Waals surface area (Å²) in [6.07, 6.45) is 0.879. The summed E-state index contributed by atoms with van der Waals surface area (Å²) >= 11 is 3.61. The highest BCUT2D eigenvalue weighted by atomic mass is 79.9. The van der Waals surface area contributed by atoms with Crippen LogP contribution in [0.1, 0.15) is 38.3 Å². The van der Waals surface area contributed by atoms with Gasteiger partial charge >= 0.3 is 0 Å². The second-order valence-corrected chi connectivity index (χ2v) is 7.24. The van der Waals surface area contributed by atoms with Gasteiger partial charge in [-0.2, -0.15) is 0 Å². The number of hydrogen-bond acceptors (Lipinski definition) is 4. The summed E-state index contributed by atoms with van der Waals surface area (Å²) < 4.78 is 12.3. The Morgan fingerprint density at radius 1 is 1.04 bits per heavy atom. The summed E-state index contributed by atoms with van der Waals surface area (Å²) in [5.41, 5.74) is 4.97. The maximum absolute atomic E-state index is 5.72. The standard InChI is InChI=1S/C20H27BrN2O2/c1-4-24-19-11-8-16(14-18(19)21)20(2,3)15-6-9-17(10-7-15)25-13-5-12-23-22/h6-11,14,23H,4-5,12-13,22H2,1-3H3. The SMILES string of the molecule is CCOc1ccc(C(C)(C)c2ccc(OCCCNN)cc2)cc1Br. The lowest BCUT2D eigenvalue weighted by molar-refractivity contribution is 0.308. The van der Waals surface area contributed by atoms with E-state index in [2.05, 4.69) is 59.5 Å². The van der Waals surface area contributed by atoms with E-state index in [9.17, 15) is 0 Å². The molecule has 2 aromatic rings. The third-order valence-electron chi connectivity index (χ3n) is 4.26. The predicted molar refractivity (Wildman–Crippen MR) is 106 cm³/mol. The van der Waals surface area contributed by atoms with Crippen LogP contribution in [0.5, 0.6) is 11.5 Å². The van der Waals surface area contributed by atoms with Gasteiger partial charge in [0, 0.05) is 12.0 Å². The van der Waals surface area contributed by atoms with Crippen LogP contribution >= 0.6 is 15.9 Å². The molecule has 0 spiro atoms. The van der Waals surface area contributed by atoms with E-state index in [4.69, 9.17) is 15.3 Å². The second kappa shape index (κ2) is 9.22. The number of halogens is 1. The first kappa shape index (κ1) is 19.8. The molecular formula is C20H27BrN2O2. The summed E-state index contributed by atoms with van der Waals surface area (Å²) in [5, 5.41) is 0. The van der Waals surface area contributed by atoms with Gasteiger partial charge in [-0.1, -0.05) is 32.0 Å². The number of rotatable bonds is 9. The minimum atomic E-state index is -0.116. The van der Waals surface area contributed by atoms with Crippen LogP contribution < -0.4 is 20.7 Å². The molecule has 0 fully saturated rings. The zero-order valence-electron chi connectivity index (χ0n) is 15.1. The van der Waals surface area contributed by atoms with Gasteiger partial charge in [-0.25, -0.2) is 0 Å². The Bertz CT molecular complexity index is 672. The highest BCUT2D eigenvalue weighted by Gasteiger charge is 2.24. The fourth-order valence-electron chi connectivity index (χ4n) is 2.66. The Balaban J connectivity index is 2.12. The van der Waals surface area contributed by atoms with Crippen molar-refractivity contribution in [2.45, 2.75) is 32.6 Å². The summed E-state index contributed by atoms with van der Waals surface area (Å²) in [7, 11) is 0. The van der Waals surface area contributed by atoms with Crippen molar-refractivity contribution in [3.05, 3.63) is 58.1 Å². The van der Waals surface area contributed by atoms with Crippen LogP contribution in [0.4, 0.5) is 0 Å². The lowest BCUT2D eigenvalue weighted by atomic mass is 9.78. The molecule has 136 valence electrons. The van der Waals surface area contributed by atoms with E-state index in [-0.39, 0.29) is 5.41 Å². The van der Waals surface area contributed by atoms with Gasteiger partial charge in [0.25, 0.3) is 0 Å². The fraction of sp³-hybridized carbons (Fsp3) is 0.400. The quantitative estimate of drug-likeness (QED) is 0.367. The number of hydrogen-bond donors (Lipinski definition) is 2. The van der Waals surface area contributed by atoms with Gasteiger partial charge < -0.3 is 9.47 Å². The third kappa shape index (κ3) is 5.21. The van der Waals surface area contributed by atoms with E-state index < -0.39 is 0 Å². The summed E-state index contributed by atoms with van der Waals surface area (Å²) in [6, 6.07) is 14.6. The molecular weight excluding hydrogens is 380 g/mol. The van der Waals surface area contributed by atoms with E-state index in [1.54, 1.807) is 0 Å². The highest BCUT2D eigenvalue weighted by molar-refractivity contribution is 9.10. The molecule has 0 unspecified atom stereocenters. The van der Waals surface area contributed by atoms with Crippen LogP contribution in [0.3, 0.4) is 0 Å². The maximum atomic E-state index is 5.72. The van der Waals surface area contributed by atoms with Gasteiger partial charge in [0.15, 0.2) is 0 Å². The number of ether oxygens (including phenoxy) is 2. The third-order valence-corrected chi connectivity index (χ3v) is 4.88. The van der Waals surface area contributed by atoms with E-state index in [0.717, 1.165) is 28.9 Å². The van der Waals surface area contributed by atoms with Crippen molar-refractivity contribution in [3.8, 4) is 11.5 Å². The monoisotopic (exact) mass is 406 g/mol. The Morgan fingerprint density at radius 3 is 2.32 bits per heavy atom. The van der Waals surface area contributed by atoms with Crippen molar-refractivity contribution in [1.82, 2.24) is 5.43 Å². The van der Waals surface area contributed by atoms with Gasteiger partial charge in [0.1, 0.15) is 11.5 Å². The molecule has 0 aromatic heterocycles. The number of nitrogens with two attached hydrogens (primary N) is 1. The smallest absolute Gasteiger partial charge is 0.133 e. The van der Waals surface area contributed by atoms with Crippen molar-refractivity contribution in [1.29, 1.82) is 0 Å². The molecule has 0 saturated heterocycles. The zero-order valence-corrected chi connectivity index (χ0v) is 16.7. The van der Waals surface area contributed by atoms with Crippen molar-refractivity contribution in [3.63, 3.8) is 0 Å². The normalized spacial score (nSPS) is 11.4. The first-order valence-corrected chi connectivity index (χ1v) is 9.38. The minimum Gasteiger partial charge on any atom is -0.494 e. The van der Waals surface area contributed by atoms with Gasteiger partial charge in [-0.3, -0.25) is 11.3 Å². The Hall–Kier alpha value is -1.56. The van der Waals surface area contributed by atoms with E-state index >= 15 is 0 Å². The second-order valence-electron chi connectivity index (χ2n) is 6.38. The van der Waals surface area contributed by atoms with E-state index in [1.165, 1.54) is 11.1 Å². The van der Waals surface area contributed by atoms with Crippen LogP contribution in [0.25, 0.3) is 0 Å². The largest absolute Gasteiger partial charge is 0.494 e. The number of benzene rings is 2. The minimum absolute atomic E-state index is 0.116. The predicted octanol–water partition coefficient (Wildman–Crippen LogP) is 4.41. The van der Waals surface area contributed by atoms with Gasteiger partial charge in [0.05, 0.1) is 17.7 Å². The number of hydrazine groups is 1. The molecule has 0 aliphatic rings. The van der Waals surface area contributed by atoms with Crippen molar-refractivity contribution >= 4 is 15.9 Å². The molecule has 0 heterocycles. The molecule has 2 aromatic carbocycles. The van der Waals surface area contributed by atoms with Crippen LogP contribution in [-0.4, -0.2) is 19.8 Å². The fourth-order valence-corrected chi connectivity index (χ4v) is 3.15. The molecule has 25 heavy (non-hydrogen) atoms. The molecule has 3 N–H and O–H groups in total. The molecule has 4 nitrogen and oxygen atoms in total. The Labute approximate surface area is 158 Å². The molecule has 0 atom stereocenters. The zero-order chi connectivity index (χ0) is 18.3. The van der Waals surface area contributed by atoms with Crippen molar-refractivity contribution < 1.29 is 9.47 Å². The molecule has 2 rings (SSSR count). The lowest BCUT2D eigenvalue weighted by Crippen LogP contribution is -2.24. The van der Waals surface area contributed by atoms with Crippen LogP contribution in [0.2, 0.25) is 0 Å². The summed E-state index contributed by atoms with van der Waals surface area (Å²) in [4.78, 5) is 0. The maximum Gasteiger partial charge on any atom is 0.133 e. The van der Waals surface area contributed by atoms with Crippen LogP contribution in [-0.2, 0) is 5.41 Å². The summed E-state index contributed by atoms with van der Waals surface area (Å²) in [5.74, 6) is 7.00. The average molecular weight is 407 g/mol. The van der Waals surface area contributed by atoms with Crippen molar-refractivity contribution in [2.75, 3.05) is 19.8 Å². The van der Waals surface area contributed by atoms with Crippen LogP contribution in [0, 0.1) is 0 Å². The summed E-state index contributed by atoms with van der Waals surface area (Å²) in [6.45, 7) is 8.48. The van der Waals surface area contributed by atoms with Gasteiger partial charge in [0.2, 0.25) is 0 Å². The molecule has 0 aliphatic carbocycles. The highest BCUT2D eigenvalue weighted by Crippen LogP contribution is 2.36. The van der Waals surface area contributed by atoms with E-state index in [1.807, 2.05) is 25.1 Å². The van der Waals surface area contributed by atoms with Crippen LogP contribution in [0.15, 0.2) is 46.9 Å². The van der Waals surface area contributed by atoms with Crippen molar-refractivity contribution in [2.24, 2.45) is 5.84 Å². The molecule has 0 saturated carbocycles. The average Bonchev–Trinajstić information content (AvgIpc) is 2.61. The molecule has 0 aliphatic heterocycles. The molecule has 0 bridgehead atoms. The van der Waals surface area contributed by atoms with Gasteiger partial charge in [-0.15, -0.1) is 0 Å². The number of nitrogens with one attached hydrogen (secondary N) is 1. The molecule has 0 amide bonds. The van der Waals surface area contributed by atoms with E-state index in [0.29, 0.717) is 13.2 Å². The Morgan fingerprint density at radius 2 is 1.72 bits per heavy atom. The first-order valence-electron chi connectivity index (χ1n) is 8.58. The Kier molecular flexibility index (Phi) is 7.29. The molecule has 0 radical (unpaired) electrons. The first-order chi connectivity index (χ1) is 12.0. The molecule has 5 heteroatoms. The topological polar surface area (TPSA) is 56.5 Å². The van der Waals surface area contributed by atoms with Gasteiger partial charge in [-0.05, 0) is 64.7 Å².